The Bertz CT molecular complexity index is 1150. The molecule has 1 aliphatic heterocycles. The number of benzene rings is 2. The standard InChI is InChI=1S/C26H33N3O5S/c1-3-5-17-27-25(31)22(4-2)28(19-20-12-7-6-8-13-20)24(30)16-11-18-29-26(32)21-14-9-10-15-23(21)35(29,33)34/h6-10,12-15,22H,3-5,11,16-19H2,1-2H3,(H,27,31). The monoisotopic (exact) mass is 499 g/mol. The second-order valence-corrected chi connectivity index (χ2v) is 10.4. The molecule has 1 atom stereocenters. The van der Waals surface area contributed by atoms with Crippen LogP contribution in [0.2, 0.25) is 0 Å². The molecule has 2 aromatic carbocycles. The van der Waals surface area contributed by atoms with Crippen LogP contribution in [-0.4, -0.2) is 54.5 Å². The zero-order chi connectivity index (χ0) is 25.4. The number of nitrogens with zero attached hydrogens (tertiary/aromatic N) is 2. The summed E-state index contributed by atoms with van der Waals surface area (Å²) in [6, 6.07) is 14.9. The second kappa shape index (κ2) is 12.0. The topological polar surface area (TPSA) is 104 Å². The van der Waals surface area contributed by atoms with Gasteiger partial charge in [-0.3, -0.25) is 14.4 Å². The summed E-state index contributed by atoms with van der Waals surface area (Å²) in [6.07, 6.45) is 2.43. The molecule has 0 saturated heterocycles. The van der Waals surface area contributed by atoms with Gasteiger partial charge in [-0.1, -0.05) is 62.7 Å². The minimum Gasteiger partial charge on any atom is -0.354 e. The van der Waals surface area contributed by atoms with Gasteiger partial charge in [0.25, 0.3) is 15.9 Å². The molecule has 2 aromatic rings. The maximum Gasteiger partial charge on any atom is 0.269 e. The number of sulfonamides is 1. The first kappa shape index (κ1) is 26.4. The molecule has 1 aliphatic rings. The number of rotatable bonds is 12. The second-order valence-electron chi connectivity index (χ2n) is 8.56. The van der Waals surface area contributed by atoms with E-state index < -0.39 is 22.0 Å². The Morgan fingerprint density at radius 2 is 1.69 bits per heavy atom. The molecule has 3 amide bonds. The molecular formula is C26H33N3O5S. The van der Waals surface area contributed by atoms with E-state index >= 15 is 0 Å². The van der Waals surface area contributed by atoms with Gasteiger partial charge in [-0.05, 0) is 37.0 Å². The van der Waals surface area contributed by atoms with Crippen LogP contribution in [0.3, 0.4) is 0 Å². The molecule has 188 valence electrons. The van der Waals surface area contributed by atoms with Crippen LogP contribution in [0.5, 0.6) is 0 Å². The Morgan fingerprint density at radius 3 is 2.34 bits per heavy atom. The van der Waals surface area contributed by atoms with E-state index in [9.17, 15) is 22.8 Å². The van der Waals surface area contributed by atoms with Crippen molar-refractivity contribution in [1.82, 2.24) is 14.5 Å². The molecule has 9 heteroatoms. The molecule has 1 heterocycles. The third-order valence-corrected chi connectivity index (χ3v) is 7.92. The van der Waals surface area contributed by atoms with Gasteiger partial charge in [-0.2, -0.15) is 0 Å². The fourth-order valence-corrected chi connectivity index (χ4v) is 5.78. The van der Waals surface area contributed by atoms with Crippen molar-refractivity contribution in [1.29, 1.82) is 0 Å². The summed E-state index contributed by atoms with van der Waals surface area (Å²) in [7, 11) is -3.91. The van der Waals surface area contributed by atoms with Crippen molar-refractivity contribution in [3.63, 3.8) is 0 Å². The Balaban J connectivity index is 1.70. The molecule has 1 N–H and O–H groups in total. The van der Waals surface area contributed by atoms with Gasteiger partial charge in [0.15, 0.2) is 0 Å². The molecule has 0 fully saturated rings. The van der Waals surface area contributed by atoms with Crippen molar-refractivity contribution in [2.45, 2.75) is 63.4 Å². The average Bonchev–Trinajstić information content (AvgIpc) is 3.05. The van der Waals surface area contributed by atoms with Gasteiger partial charge in [0.05, 0.1) is 5.56 Å². The number of fused-ring (bicyclic) bond motifs is 1. The number of nitrogens with one attached hydrogen (secondary N) is 1. The SMILES string of the molecule is CCCCNC(=O)C(CC)N(Cc1ccccc1)C(=O)CCCN1C(=O)c2ccccc2S1(=O)=O. The maximum absolute atomic E-state index is 13.3. The maximum atomic E-state index is 13.3. The predicted molar refractivity (Wildman–Crippen MR) is 133 cm³/mol. The lowest BCUT2D eigenvalue weighted by atomic mass is 10.1. The fraction of sp³-hybridized carbons (Fsp3) is 0.423. The van der Waals surface area contributed by atoms with E-state index in [0.29, 0.717) is 13.0 Å². The van der Waals surface area contributed by atoms with Crippen molar-refractivity contribution in [3.8, 4) is 0 Å². The summed E-state index contributed by atoms with van der Waals surface area (Å²) in [5.74, 6) is -1.03. The van der Waals surface area contributed by atoms with Crippen LogP contribution in [0.1, 0.15) is 61.9 Å². The van der Waals surface area contributed by atoms with Gasteiger partial charge in [-0.25, -0.2) is 12.7 Å². The smallest absolute Gasteiger partial charge is 0.269 e. The normalized spacial score (nSPS) is 14.9. The third-order valence-electron chi connectivity index (χ3n) is 6.08. The van der Waals surface area contributed by atoms with E-state index in [0.717, 1.165) is 22.7 Å². The summed E-state index contributed by atoms with van der Waals surface area (Å²) in [5, 5.41) is 2.92. The predicted octanol–water partition coefficient (Wildman–Crippen LogP) is 3.34. The van der Waals surface area contributed by atoms with Gasteiger partial charge in [0.1, 0.15) is 10.9 Å². The van der Waals surface area contributed by atoms with E-state index in [2.05, 4.69) is 5.32 Å². The molecule has 0 aromatic heterocycles. The molecule has 0 radical (unpaired) electrons. The quantitative estimate of drug-likeness (QED) is 0.451. The third kappa shape index (κ3) is 6.08. The number of hydrogen-bond acceptors (Lipinski definition) is 5. The largest absolute Gasteiger partial charge is 0.354 e. The van der Waals surface area contributed by atoms with Gasteiger partial charge in [-0.15, -0.1) is 0 Å². The molecular weight excluding hydrogens is 466 g/mol. The van der Waals surface area contributed by atoms with Crippen LogP contribution in [0, 0.1) is 0 Å². The van der Waals surface area contributed by atoms with E-state index in [1.54, 1.807) is 17.0 Å². The highest BCUT2D eigenvalue weighted by Gasteiger charge is 2.40. The fourth-order valence-electron chi connectivity index (χ4n) is 4.18. The summed E-state index contributed by atoms with van der Waals surface area (Å²) in [5.41, 5.74) is 1.05. The first-order chi connectivity index (χ1) is 16.8. The summed E-state index contributed by atoms with van der Waals surface area (Å²) >= 11 is 0. The molecule has 8 nitrogen and oxygen atoms in total. The summed E-state index contributed by atoms with van der Waals surface area (Å²) in [4.78, 5) is 40.4. The van der Waals surface area contributed by atoms with Crippen LogP contribution in [-0.2, 0) is 26.2 Å². The van der Waals surface area contributed by atoms with Crippen molar-refractivity contribution >= 4 is 27.7 Å². The van der Waals surface area contributed by atoms with Gasteiger partial charge in [0.2, 0.25) is 11.8 Å². The summed E-state index contributed by atoms with van der Waals surface area (Å²) in [6.45, 7) is 4.63. The van der Waals surface area contributed by atoms with Crippen molar-refractivity contribution in [3.05, 3.63) is 65.7 Å². The van der Waals surface area contributed by atoms with E-state index in [4.69, 9.17) is 0 Å². The van der Waals surface area contributed by atoms with Crippen LogP contribution in [0.25, 0.3) is 0 Å². The Labute approximate surface area is 207 Å². The van der Waals surface area contributed by atoms with Crippen LogP contribution >= 0.6 is 0 Å². The highest BCUT2D eigenvalue weighted by Crippen LogP contribution is 2.30. The molecule has 0 saturated carbocycles. The minimum absolute atomic E-state index is 0.00294. The minimum atomic E-state index is -3.91. The Hall–Kier alpha value is -3.20. The molecule has 0 aliphatic carbocycles. The van der Waals surface area contributed by atoms with E-state index in [-0.39, 0.29) is 48.2 Å². The number of hydrogen-bond donors (Lipinski definition) is 1. The number of amides is 3. The Morgan fingerprint density at radius 1 is 1.00 bits per heavy atom. The van der Waals surface area contributed by atoms with E-state index in [1.807, 2.05) is 44.2 Å². The lowest BCUT2D eigenvalue weighted by Gasteiger charge is -2.31. The lowest BCUT2D eigenvalue weighted by molar-refractivity contribution is -0.141. The van der Waals surface area contributed by atoms with Crippen molar-refractivity contribution < 1.29 is 22.8 Å². The molecule has 3 rings (SSSR count). The molecule has 0 spiro atoms. The molecule has 0 bridgehead atoms. The van der Waals surface area contributed by atoms with Gasteiger partial charge < -0.3 is 10.2 Å². The number of carbonyl (C=O) groups is 3. The van der Waals surface area contributed by atoms with Crippen LogP contribution in [0.15, 0.2) is 59.5 Å². The highest BCUT2D eigenvalue weighted by atomic mass is 32.2. The molecule has 35 heavy (non-hydrogen) atoms. The van der Waals surface area contributed by atoms with Crippen molar-refractivity contribution in [2.24, 2.45) is 0 Å². The number of carbonyl (C=O) groups excluding carboxylic acids is 3. The summed E-state index contributed by atoms with van der Waals surface area (Å²) < 4.78 is 26.4. The van der Waals surface area contributed by atoms with Crippen LogP contribution in [0.4, 0.5) is 0 Å². The Kier molecular flexibility index (Phi) is 9.03. The first-order valence-electron chi connectivity index (χ1n) is 12.1. The van der Waals surface area contributed by atoms with Gasteiger partial charge in [0, 0.05) is 26.1 Å². The zero-order valence-corrected chi connectivity index (χ0v) is 21.1. The highest BCUT2D eigenvalue weighted by molar-refractivity contribution is 7.90. The molecule has 1 unspecified atom stereocenters. The first-order valence-corrected chi connectivity index (χ1v) is 13.5. The van der Waals surface area contributed by atoms with Crippen LogP contribution < -0.4 is 5.32 Å². The van der Waals surface area contributed by atoms with E-state index in [1.165, 1.54) is 12.1 Å². The lowest BCUT2D eigenvalue weighted by Crippen LogP contribution is -2.49. The zero-order valence-electron chi connectivity index (χ0n) is 20.3. The van der Waals surface area contributed by atoms with Gasteiger partial charge >= 0.3 is 0 Å². The number of unbranched alkanes of at least 4 members (excludes halogenated alkanes) is 1. The van der Waals surface area contributed by atoms with Crippen molar-refractivity contribution in [2.75, 3.05) is 13.1 Å². The average molecular weight is 500 g/mol.